The number of aryl methyl sites for hydroxylation is 2. The molecule has 1 aromatic heterocycles. The molecule has 120 valence electrons. The second-order valence-corrected chi connectivity index (χ2v) is 7.55. The van der Waals surface area contributed by atoms with E-state index in [4.69, 9.17) is 10.2 Å². The fraction of sp³-hybridized carbons (Fsp3) is 0.714. The van der Waals surface area contributed by atoms with Gasteiger partial charge in [-0.25, -0.2) is 13.1 Å². The van der Waals surface area contributed by atoms with Crippen LogP contribution in [0.4, 0.5) is 0 Å². The van der Waals surface area contributed by atoms with Gasteiger partial charge in [-0.05, 0) is 47.2 Å². The first-order chi connectivity index (χ1) is 9.76. The largest absolute Gasteiger partial charge is 0.465 e. The molecule has 3 N–H and O–H groups in total. The van der Waals surface area contributed by atoms with Gasteiger partial charge < -0.3 is 15.1 Å². The van der Waals surface area contributed by atoms with Crippen molar-refractivity contribution in [2.24, 2.45) is 5.73 Å². The molecule has 2 rings (SSSR count). The first-order valence-electron chi connectivity index (χ1n) is 7.27. The molecule has 6 nitrogen and oxygen atoms in total. The summed E-state index contributed by atoms with van der Waals surface area (Å²) in [6.45, 7) is 6.56. The Morgan fingerprint density at radius 3 is 2.62 bits per heavy atom. The Morgan fingerprint density at radius 1 is 1.38 bits per heavy atom. The number of hydrogen-bond acceptors (Lipinski definition) is 5. The molecule has 2 heterocycles. The summed E-state index contributed by atoms with van der Waals surface area (Å²) in [4.78, 5) is 2.46. The summed E-state index contributed by atoms with van der Waals surface area (Å²) in [5.41, 5.74) is 6.25. The summed E-state index contributed by atoms with van der Waals surface area (Å²) in [5, 5.41) is 0. The summed E-state index contributed by atoms with van der Waals surface area (Å²) in [6, 6.07) is 0.328. The normalized spacial score (nSPS) is 24.4. The van der Waals surface area contributed by atoms with E-state index in [9.17, 15) is 8.42 Å². The van der Waals surface area contributed by atoms with Gasteiger partial charge in [0, 0.05) is 24.2 Å². The Kier molecular flexibility index (Phi) is 4.77. The van der Waals surface area contributed by atoms with E-state index in [1.807, 2.05) is 0 Å². The van der Waals surface area contributed by atoms with E-state index in [1.54, 1.807) is 13.8 Å². The SMILES string of the molecule is Cc1oc(C)c(S(=O)(=O)NC2CCN(C)C(C)C2)c1CN. The minimum atomic E-state index is -3.60. The number of nitrogens with zero attached hydrogens (tertiary/aromatic N) is 1. The van der Waals surface area contributed by atoms with Gasteiger partial charge in [0.2, 0.25) is 10.0 Å². The van der Waals surface area contributed by atoms with E-state index in [-0.39, 0.29) is 17.5 Å². The van der Waals surface area contributed by atoms with Crippen LogP contribution in [0, 0.1) is 13.8 Å². The molecule has 1 aliphatic rings. The van der Waals surface area contributed by atoms with Crippen molar-refractivity contribution in [2.75, 3.05) is 13.6 Å². The summed E-state index contributed by atoms with van der Waals surface area (Å²) >= 11 is 0. The van der Waals surface area contributed by atoms with E-state index >= 15 is 0 Å². The molecule has 2 unspecified atom stereocenters. The highest BCUT2D eigenvalue weighted by molar-refractivity contribution is 7.89. The maximum atomic E-state index is 12.7. The van der Waals surface area contributed by atoms with Crippen LogP contribution in [0.3, 0.4) is 0 Å². The average molecular weight is 315 g/mol. The maximum Gasteiger partial charge on any atom is 0.244 e. The Bertz CT molecular complexity index is 609. The van der Waals surface area contributed by atoms with Crippen molar-refractivity contribution in [3.63, 3.8) is 0 Å². The van der Waals surface area contributed by atoms with Gasteiger partial charge in [0.15, 0.2) is 0 Å². The lowest BCUT2D eigenvalue weighted by Crippen LogP contribution is -2.47. The Labute approximate surface area is 126 Å². The number of hydrogen-bond donors (Lipinski definition) is 2. The van der Waals surface area contributed by atoms with Crippen molar-refractivity contribution < 1.29 is 12.8 Å². The van der Waals surface area contributed by atoms with Crippen molar-refractivity contribution in [1.29, 1.82) is 0 Å². The van der Waals surface area contributed by atoms with Gasteiger partial charge in [-0.2, -0.15) is 0 Å². The van der Waals surface area contributed by atoms with Crippen LogP contribution in [-0.4, -0.2) is 39.0 Å². The first kappa shape index (κ1) is 16.5. The highest BCUT2D eigenvalue weighted by Crippen LogP contribution is 2.27. The molecule has 0 spiro atoms. The Morgan fingerprint density at radius 2 is 2.05 bits per heavy atom. The molecule has 0 bridgehead atoms. The fourth-order valence-corrected chi connectivity index (χ4v) is 4.71. The summed E-state index contributed by atoms with van der Waals surface area (Å²) in [5.74, 6) is 0.980. The molecule has 0 aromatic carbocycles. The van der Waals surface area contributed by atoms with Crippen molar-refractivity contribution in [3.8, 4) is 0 Å². The molecule has 0 amide bonds. The van der Waals surface area contributed by atoms with E-state index in [0.29, 0.717) is 23.1 Å². The molecule has 1 aliphatic heterocycles. The summed E-state index contributed by atoms with van der Waals surface area (Å²) in [6.07, 6.45) is 1.62. The zero-order valence-electron chi connectivity index (χ0n) is 13.1. The zero-order valence-corrected chi connectivity index (χ0v) is 14.0. The van der Waals surface area contributed by atoms with Crippen molar-refractivity contribution in [3.05, 3.63) is 17.1 Å². The standard InChI is InChI=1S/C14H25N3O3S/c1-9-7-12(5-6-17(9)4)16-21(18,19)14-11(3)20-10(2)13(14)8-15/h9,12,16H,5-8,15H2,1-4H3. The molecule has 1 saturated heterocycles. The third-order valence-electron chi connectivity index (χ3n) is 4.33. The molecule has 1 fully saturated rings. The number of nitrogens with one attached hydrogen (secondary N) is 1. The Hall–Kier alpha value is -0.890. The summed E-state index contributed by atoms with van der Waals surface area (Å²) in [7, 11) is -1.53. The number of nitrogens with two attached hydrogens (primary N) is 1. The van der Waals surface area contributed by atoms with E-state index in [2.05, 4.69) is 23.6 Å². The topological polar surface area (TPSA) is 88.6 Å². The van der Waals surface area contributed by atoms with Gasteiger partial charge in [0.25, 0.3) is 0 Å². The third kappa shape index (κ3) is 3.31. The van der Waals surface area contributed by atoms with E-state index in [0.717, 1.165) is 19.4 Å². The molecule has 0 saturated carbocycles. The number of furan rings is 1. The van der Waals surface area contributed by atoms with Crippen LogP contribution in [0.15, 0.2) is 9.31 Å². The van der Waals surface area contributed by atoms with E-state index in [1.165, 1.54) is 0 Å². The zero-order chi connectivity index (χ0) is 15.8. The predicted octanol–water partition coefficient (Wildman–Crippen LogP) is 1.12. The molecular weight excluding hydrogens is 290 g/mol. The van der Waals surface area contributed by atoms with Crippen molar-refractivity contribution in [1.82, 2.24) is 9.62 Å². The fourth-order valence-electron chi connectivity index (χ4n) is 2.97. The highest BCUT2D eigenvalue weighted by atomic mass is 32.2. The van der Waals surface area contributed by atoms with Gasteiger partial charge in [0.1, 0.15) is 16.4 Å². The minimum absolute atomic E-state index is 0.0403. The van der Waals surface area contributed by atoms with Crippen LogP contribution in [0.25, 0.3) is 0 Å². The number of rotatable bonds is 4. The lowest BCUT2D eigenvalue weighted by molar-refractivity contribution is 0.178. The summed E-state index contributed by atoms with van der Waals surface area (Å²) < 4.78 is 33.6. The molecule has 0 aliphatic carbocycles. The molecule has 21 heavy (non-hydrogen) atoms. The Balaban J connectivity index is 2.23. The molecule has 2 atom stereocenters. The van der Waals surface area contributed by atoms with Gasteiger partial charge in [-0.15, -0.1) is 0 Å². The van der Waals surface area contributed by atoms with Crippen LogP contribution >= 0.6 is 0 Å². The van der Waals surface area contributed by atoms with Crippen molar-refractivity contribution >= 4 is 10.0 Å². The molecular formula is C14H25N3O3S. The maximum absolute atomic E-state index is 12.7. The monoisotopic (exact) mass is 315 g/mol. The van der Waals surface area contributed by atoms with Crippen LogP contribution in [0.1, 0.15) is 36.8 Å². The predicted molar refractivity (Wildman–Crippen MR) is 81.5 cm³/mol. The first-order valence-corrected chi connectivity index (χ1v) is 8.76. The molecule has 7 heteroatoms. The van der Waals surface area contributed by atoms with Gasteiger partial charge in [-0.1, -0.05) is 0 Å². The van der Waals surface area contributed by atoms with Crippen LogP contribution < -0.4 is 10.5 Å². The molecule has 0 radical (unpaired) electrons. The van der Waals surface area contributed by atoms with Crippen LogP contribution in [-0.2, 0) is 16.6 Å². The third-order valence-corrected chi connectivity index (χ3v) is 6.04. The highest BCUT2D eigenvalue weighted by Gasteiger charge is 2.31. The quantitative estimate of drug-likeness (QED) is 0.869. The smallest absolute Gasteiger partial charge is 0.244 e. The minimum Gasteiger partial charge on any atom is -0.465 e. The van der Waals surface area contributed by atoms with Crippen LogP contribution in [0.2, 0.25) is 0 Å². The van der Waals surface area contributed by atoms with Crippen LogP contribution in [0.5, 0.6) is 0 Å². The van der Waals surface area contributed by atoms with Crippen molar-refractivity contribution in [2.45, 2.75) is 57.1 Å². The lowest BCUT2D eigenvalue weighted by atomic mass is 10.0. The van der Waals surface area contributed by atoms with Gasteiger partial charge in [0.05, 0.1) is 0 Å². The molecule has 1 aromatic rings. The van der Waals surface area contributed by atoms with E-state index < -0.39 is 10.0 Å². The van der Waals surface area contributed by atoms with Gasteiger partial charge >= 0.3 is 0 Å². The average Bonchev–Trinajstić information content (AvgIpc) is 2.68. The number of likely N-dealkylation sites (tertiary alicyclic amines) is 1. The van der Waals surface area contributed by atoms with Gasteiger partial charge in [-0.3, -0.25) is 0 Å². The number of sulfonamides is 1. The second-order valence-electron chi connectivity index (χ2n) is 5.90. The lowest BCUT2D eigenvalue weighted by Gasteiger charge is -2.35. The second kappa shape index (κ2) is 6.08. The number of piperidine rings is 1.